The molecule has 0 spiro atoms. The fourth-order valence-corrected chi connectivity index (χ4v) is 3.54. The molecule has 2 aromatic carbocycles. The number of anilines is 1. The molecule has 1 atom stereocenters. The van der Waals surface area contributed by atoms with Crippen molar-refractivity contribution < 1.29 is 0 Å². The number of benzene rings is 2. The largest absolute Gasteiger partial charge is 0.361 e. The van der Waals surface area contributed by atoms with Gasteiger partial charge >= 0.3 is 0 Å². The second kappa shape index (κ2) is 7.59. The van der Waals surface area contributed by atoms with Crippen LogP contribution in [0.3, 0.4) is 0 Å². The SMILES string of the molecule is c1ccc(-c2cnc([C@@H](Cc3c[nH]c4ccccc34)Nc3ncccn3)[nH]2)cc1. The molecule has 6 heteroatoms. The molecule has 0 aliphatic rings. The molecule has 0 bridgehead atoms. The lowest BCUT2D eigenvalue weighted by Crippen LogP contribution is -2.16. The molecule has 3 aromatic heterocycles. The smallest absolute Gasteiger partial charge is 0.223 e. The zero-order chi connectivity index (χ0) is 19.5. The van der Waals surface area contributed by atoms with Crippen molar-refractivity contribution >= 4 is 16.9 Å². The van der Waals surface area contributed by atoms with Gasteiger partial charge in [-0.15, -0.1) is 0 Å². The summed E-state index contributed by atoms with van der Waals surface area (Å²) < 4.78 is 0. The van der Waals surface area contributed by atoms with Crippen LogP contribution in [0.4, 0.5) is 5.95 Å². The van der Waals surface area contributed by atoms with Crippen molar-refractivity contribution in [3.8, 4) is 11.3 Å². The lowest BCUT2D eigenvalue weighted by molar-refractivity contribution is 0.719. The number of imidazole rings is 1. The molecule has 0 aliphatic heterocycles. The Hall–Kier alpha value is -3.93. The number of hydrogen-bond donors (Lipinski definition) is 3. The van der Waals surface area contributed by atoms with Gasteiger partial charge in [0.15, 0.2) is 0 Å². The fraction of sp³-hybridized carbons (Fsp3) is 0.0870. The van der Waals surface area contributed by atoms with Crippen LogP contribution >= 0.6 is 0 Å². The first-order valence-corrected chi connectivity index (χ1v) is 9.56. The van der Waals surface area contributed by atoms with Gasteiger partial charge in [-0.05, 0) is 23.3 Å². The predicted octanol–water partition coefficient (Wildman–Crippen LogP) is 4.74. The van der Waals surface area contributed by atoms with E-state index in [0.29, 0.717) is 5.95 Å². The Morgan fingerprint density at radius 3 is 2.52 bits per heavy atom. The third kappa shape index (κ3) is 3.60. The lowest BCUT2D eigenvalue weighted by Gasteiger charge is -2.16. The highest BCUT2D eigenvalue weighted by molar-refractivity contribution is 5.83. The van der Waals surface area contributed by atoms with Gasteiger partial charge in [0.1, 0.15) is 5.82 Å². The highest BCUT2D eigenvalue weighted by atomic mass is 15.1. The molecule has 0 aliphatic carbocycles. The summed E-state index contributed by atoms with van der Waals surface area (Å²) in [4.78, 5) is 20.1. The van der Waals surface area contributed by atoms with Gasteiger partial charge in [0.25, 0.3) is 0 Å². The molecule has 3 heterocycles. The summed E-state index contributed by atoms with van der Waals surface area (Å²) in [5.74, 6) is 1.43. The van der Waals surface area contributed by atoms with Crippen LogP contribution in [0.2, 0.25) is 0 Å². The Morgan fingerprint density at radius 2 is 1.66 bits per heavy atom. The normalized spacial score (nSPS) is 12.1. The molecule has 0 saturated carbocycles. The molecule has 0 radical (unpaired) electrons. The molecule has 29 heavy (non-hydrogen) atoms. The van der Waals surface area contributed by atoms with Gasteiger partial charge < -0.3 is 15.3 Å². The number of nitrogens with zero attached hydrogens (tertiary/aromatic N) is 3. The Balaban J connectivity index is 1.49. The van der Waals surface area contributed by atoms with Crippen LogP contribution in [0.1, 0.15) is 17.4 Å². The van der Waals surface area contributed by atoms with E-state index in [1.54, 1.807) is 18.5 Å². The van der Waals surface area contributed by atoms with Crippen molar-refractivity contribution in [1.82, 2.24) is 24.9 Å². The molecular weight excluding hydrogens is 360 g/mol. The predicted molar refractivity (Wildman–Crippen MR) is 114 cm³/mol. The van der Waals surface area contributed by atoms with Crippen molar-refractivity contribution in [3.05, 3.63) is 96.8 Å². The summed E-state index contributed by atoms with van der Waals surface area (Å²) in [6.45, 7) is 0. The molecule has 0 fully saturated rings. The summed E-state index contributed by atoms with van der Waals surface area (Å²) in [5, 5.41) is 4.64. The summed E-state index contributed by atoms with van der Waals surface area (Å²) in [6.07, 6.45) is 8.14. The molecule has 5 rings (SSSR count). The number of H-pyrrole nitrogens is 2. The van der Waals surface area contributed by atoms with Gasteiger partial charge in [-0.1, -0.05) is 48.5 Å². The Kier molecular flexibility index (Phi) is 4.50. The number of aromatic amines is 2. The fourth-order valence-electron chi connectivity index (χ4n) is 3.54. The first-order valence-electron chi connectivity index (χ1n) is 9.56. The van der Waals surface area contributed by atoms with Gasteiger partial charge in [0.05, 0.1) is 17.9 Å². The van der Waals surface area contributed by atoms with Crippen molar-refractivity contribution in [2.75, 3.05) is 5.32 Å². The minimum atomic E-state index is -0.103. The van der Waals surface area contributed by atoms with E-state index in [9.17, 15) is 0 Å². The van der Waals surface area contributed by atoms with E-state index >= 15 is 0 Å². The highest BCUT2D eigenvalue weighted by Crippen LogP contribution is 2.27. The van der Waals surface area contributed by atoms with E-state index in [4.69, 9.17) is 0 Å². The van der Waals surface area contributed by atoms with E-state index in [2.05, 4.69) is 66.8 Å². The maximum Gasteiger partial charge on any atom is 0.223 e. The summed E-state index contributed by atoms with van der Waals surface area (Å²) in [5.41, 5.74) is 4.43. The number of hydrogen-bond acceptors (Lipinski definition) is 4. The quantitative estimate of drug-likeness (QED) is 0.397. The van der Waals surface area contributed by atoms with Gasteiger partial charge in [0, 0.05) is 35.9 Å². The summed E-state index contributed by atoms with van der Waals surface area (Å²) in [7, 11) is 0. The van der Waals surface area contributed by atoms with Crippen molar-refractivity contribution in [1.29, 1.82) is 0 Å². The van der Waals surface area contributed by atoms with E-state index < -0.39 is 0 Å². The van der Waals surface area contributed by atoms with Crippen LogP contribution in [-0.4, -0.2) is 24.9 Å². The molecule has 3 N–H and O–H groups in total. The standard InChI is InChI=1S/C23H20N6/c1-2-7-16(8-3-1)21-15-27-22(28-21)20(29-23-24-11-6-12-25-23)13-17-14-26-19-10-5-4-9-18(17)19/h1-12,14-15,20,26H,13H2,(H,27,28)(H,24,25,29)/t20-/m1/s1. The van der Waals surface area contributed by atoms with Crippen LogP contribution in [0.15, 0.2) is 85.5 Å². The average Bonchev–Trinajstić information content (AvgIpc) is 3.43. The van der Waals surface area contributed by atoms with Crippen LogP contribution in [0, 0.1) is 0 Å². The maximum atomic E-state index is 4.67. The van der Waals surface area contributed by atoms with Crippen LogP contribution in [0.5, 0.6) is 0 Å². The summed E-state index contributed by atoms with van der Waals surface area (Å²) in [6, 6.07) is 20.2. The van der Waals surface area contributed by atoms with E-state index in [1.807, 2.05) is 30.5 Å². The minimum absolute atomic E-state index is 0.103. The highest BCUT2D eigenvalue weighted by Gasteiger charge is 2.19. The second-order valence-corrected chi connectivity index (χ2v) is 6.88. The first-order chi connectivity index (χ1) is 14.4. The van der Waals surface area contributed by atoms with Crippen molar-refractivity contribution in [2.45, 2.75) is 12.5 Å². The van der Waals surface area contributed by atoms with Gasteiger partial charge in [-0.25, -0.2) is 15.0 Å². The third-order valence-corrected chi connectivity index (χ3v) is 4.98. The number of nitrogens with one attached hydrogen (secondary N) is 3. The third-order valence-electron chi connectivity index (χ3n) is 4.98. The number of fused-ring (bicyclic) bond motifs is 1. The molecule has 5 aromatic rings. The lowest BCUT2D eigenvalue weighted by atomic mass is 10.0. The van der Waals surface area contributed by atoms with Gasteiger partial charge in [-0.2, -0.15) is 0 Å². The molecule has 0 unspecified atom stereocenters. The average molecular weight is 380 g/mol. The van der Waals surface area contributed by atoms with Gasteiger partial charge in [0.2, 0.25) is 5.95 Å². The molecule has 142 valence electrons. The first kappa shape index (κ1) is 17.2. The monoisotopic (exact) mass is 380 g/mol. The van der Waals surface area contributed by atoms with E-state index in [0.717, 1.165) is 29.0 Å². The van der Waals surface area contributed by atoms with Crippen LogP contribution in [0.25, 0.3) is 22.2 Å². The van der Waals surface area contributed by atoms with E-state index in [-0.39, 0.29) is 6.04 Å². The Morgan fingerprint density at radius 1 is 0.862 bits per heavy atom. The Bertz CT molecular complexity index is 1210. The topological polar surface area (TPSA) is 82.3 Å². The van der Waals surface area contributed by atoms with Crippen molar-refractivity contribution in [3.63, 3.8) is 0 Å². The van der Waals surface area contributed by atoms with Gasteiger partial charge in [-0.3, -0.25) is 0 Å². The molecule has 6 nitrogen and oxygen atoms in total. The number of para-hydroxylation sites is 1. The molecule has 0 amide bonds. The van der Waals surface area contributed by atoms with Crippen LogP contribution in [-0.2, 0) is 6.42 Å². The second-order valence-electron chi connectivity index (χ2n) is 6.88. The maximum absolute atomic E-state index is 4.67. The van der Waals surface area contributed by atoms with Crippen molar-refractivity contribution in [2.24, 2.45) is 0 Å². The number of aromatic nitrogens is 5. The molecule has 0 saturated heterocycles. The zero-order valence-corrected chi connectivity index (χ0v) is 15.7. The molecular formula is C23H20N6. The Labute approximate surface area is 168 Å². The summed E-state index contributed by atoms with van der Waals surface area (Å²) >= 11 is 0. The van der Waals surface area contributed by atoms with E-state index in [1.165, 1.54) is 10.9 Å². The zero-order valence-electron chi connectivity index (χ0n) is 15.7. The van der Waals surface area contributed by atoms with Crippen LogP contribution < -0.4 is 5.32 Å². The minimum Gasteiger partial charge on any atom is -0.361 e. The number of rotatable bonds is 6.